The molecular weight excluding hydrogens is 339 g/mol. The van der Waals surface area contributed by atoms with Crippen LogP contribution in [0.2, 0.25) is 0 Å². The van der Waals surface area contributed by atoms with Gasteiger partial charge in [0.2, 0.25) is 5.91 Å². The SMILES string of the molecule is O=C(Cc1ccc(O)c(F)c1)N1C[C@H](CO)C[C@H](CN2CCOCC2)C1. The van der Waals surface area contributed by atoms with Crippen LogP contribution in [0.1, 0.15) is 12.0 Å². The molecule has 26 heavy (non-hydrogen) atoms. The molecule has 2 aliphatic rings. The van der Waals surface area contributed by atoms with Crippen molar-refractivity contribution in [3.63, 3.8) is 0 Å². The number of phenolic OH excluding ortho intramolecular Hbond substituents is 1. The van der Waals surface area contributed by atoms with Gasteiger partial charge in [0.15, 0.2) is 11.6 Å². The number of ether oxygens (including phenoxy) is 1. The maximum absolute atomic E-state index is 13.5. The molecule has 2 heterocycles. The molecule has 2 aliphatic heterocycles. The van der Waals surface area contributed by atoms with Gasteiger partial charge in [-0.1, -0.05) is 6.07 Å². The lowest BCUT2D eigenvalue weighted by Crippen LogP contribution is -2.49. The maximum Gasteiger partial charge on any atom is 0.227 e. The minimum absolute atomic E-state index is 0.0667. The molecule has 7 heteroatoms. The predicted octanol–water partition coefficient (Wildman–Crippen LogP) is 0.863. The zero-order chi connectivity index (χ0) is 18.5. The molecule has 6 nitrogen and oxygen atoms in total. The first-order valence-electron chi connectivity index (χ1n) is 9.21. The third-order valence-electron chi connectivity index (χ3n) is 5.22. The van der Waals surface area contributed by atoms with Gasteiger partial charge in [0.1, 0.15) is 0 Å². The van der Waals surface area contributed by atoms with Crippen molar-refractivity contribution < 1.29 is 24.1 Å². The number of benzene rings is 1. The Hall–Kier alpha value is -1.70. The molecule has 1 aromatic carbocycles. The van der Waals surface area contributed by atoms with E-state index in [-0.39, 0.29) is 24.9 Å². The normalized spacial score (nSPS) is 24.6. The van der Waals surface area contributed by atoms with Crippen LogP contribution in [0.5, 0.6) is 5.75 Å². The maximum atomic E-state index is 13.5. The van der Waals surface area contributed by atoms with Crippen LogP contribution in [0.25, 0.3) is 0 Å². The summed E-state index contributed by atoms with van der Waals surface area (Å²) in [7, 11) is 0. The van der Waals surface area contributed by atoms with Gasteiger partial charge in [0.25, 0.3) is 0 Å². The highest BCUT2D eigenvalue weighted by Crippen LogP contribution is 2.24. The number of nitrogens with zero attached hydrogens (tertiary/aromatic N) is 2. The molecule has 1 aromatic rings. The smallest absolute Gasteiger partial charge is 0.227 e. The summed E-state index contributed by atoms with van der Waals surface area (Å²) in [6.07, 6.45) is 1.01. The van der Waals surface area contributed by atoms with Crippen LogP contribution in [0.15, 0.2) is 18.2 Å². The van der Waals surface area contributed by atoms with Gasteiger partial charge in [0.05, 0.1) is 19.6 Å². The van der Waals surface area contributed by atoms with Crippen molar-refractivity contribution in [2.24, 2.45) is 11.8 Å². The Balaban J connectivity index is 1.61. The summed E-state index contributed by atoms with van der Waals surface area (Å²) in [6.45, 7) is 5.45. The number of aromatic hydroxyl groups is 1. The van der Waals surface area contributed by atoms with Gasteiger partial charge in [-0.15, -0.1) is 0 Å². The van der Waals surface area contributed by atoms with Crippen LogP contribution in [-0.2, 0) is 16.0 Å². The first-order valence-corrected chi connectivity index (χ1v) is 9.21. The number of halogens is 1. The molecule has 0 bridgehead atoms. The van der Waals surface area contributed by atoms with E-state index in [1.807, 2.05) is 0 Å². The lowest BCUT2D eigenvalue weighted by Gasteiger charge is -2.40. The van der Waals surface area contributed by atoms with Crippen LogP contribution < -0.4 is 0 Å². The van der Waals surface area contributed by atoms with E-state index >= 15 is 0 Å². The number of likely N-dealkylation sites (tertiary alicyclic amines) is 1. The fourth-order valence-corrected chi connectivity index (χ4v) is 3.88. The van der Waals surface area contributed by atoms with E-state index in [2.05, 4.69) is 4.90 Å². The molecule has 0 spiro atoms. The molecule has 3 rings (SSSR count). The van der Waals surface area contributed by atoms with E-state index in [0.717, 1.165) is 39.3 Å². The molecule has 2 atom stereocenters. The fraction of sp³-hybridized carbons (Fsp3) is 0.632. The number of phenols is 1. The van der Waals surface area contributed by atoms with Crippen molar-refractivity contribution in [3.8, 4) is 5.75 Å². The number of amides is 1. The van der Waals surface area contributed by atoms with E-state index in [0.29, 0.717) is 24.6 Å². The number of hydrogen-bond donors (Lipinski definition) is 2. The number of hydrogen-bond acceptors (Lipinski definition) is 5. The van der Waals surface area contributed by atoms with Gasteiger partial charge < -0.3 is 19.8 Å². The topological polar surface area (TPSA) is 73.2 Å². The first kappa shape index (κ1) is 19.1. The Morgan fingerprint density at radius 3 is 2.65 bits per heavy atom. The number of rotatable bonds is 5. The van der Waals surface area contributed by atoms with Crippen LogP contribution in [0.4, 0.5) is 4.39 Å². The van der Waals surface area contributed by atoms with E-state index in [1.165, 1.54) is 12.1 Å². The largest absolute Gasteiger partial charge is 0.505 e. The number of aliphatic hydroxyl groups excluding tert-OH is 1. The fourth-order valence-electron chi connectivity index (χ4n) is 3.88. The lowest BCUT2D eigenvalue weighted by atomic mass is 9.88. The van der Waals surface area contributed by atoms with Gasteiger partial charge in [0, 0.05) is 39.3 Å². The number of piperidine rings is 1. The Labute approximate surface area is 153 Å². The van der Waals surface area contributed by atoms with E-state index in [4.69, 9.17) is 4.74 Å². The van der Waals surface area contributed by atoms with Crippen LogP contribution >= 0.6 is 0 Å². The summed E-state index contributed by atoms with van der Waals surface area (Å²) in [5.74, 6) is -0.799. The first-order chi connectivity index (χ1) is 12.5. The quantitative estimate of drug-likeness (QED) is 0.809. The van der Waals surface area contributed by atoms with Crippen molar-refractivity contribution in [1.82, 2.24) is 9.80 Å². The molecule has 2 N–H and O–H groups in total. The minimum Gasteiger partial charge on any atom is -0.505 e. The molecule has 144 valence electrons. The average molecular weight is 366 g/mol. The predicted molar refractivity (Wildman–Crippen MR) is 94.3 cm³/mol. The molecule has 1 amide bonds. The highest BCUT2D eigenvalue weighted by atomic mass is 19.1. The zero-order valence-corrected chi connectivity index (χ0v) is 14.9. The van der Waals surface area contributed by atoms with Crippen molar-refractivity contribution >= 4 is 5.91 Å². The molecule has 0 radical (unpaired) electrons. The summed E-state index contributed by atoms with van der Waals surface area (Å²) < 4.78 is 18.9. The van der Waals surface area contributed by atoms with Gasteiger partial charge in [-0.3, -0.25) is 9.69 Å². The highest BCUT2D eigenvalue weighted by molar-refractivity contribution is 5.79. The summed E-state index contributed by atoms with van der Waals surface area (Å²) >= 11 is 0. The highest BCUT2D eigenvalue weighted by Gasteiger charge is 2.31. The molecule has 0 unspecified atom stereocenters. The number of carbonyl (C=O) groups is 1. The zero-order valence-electron chi connectivity index (χ0n) is 14.9. The van der Waals surface area contributed by atoms with Crippen LogP contribution in [0, 0.1) is 17.7 Å². The molecule has 0 saturated carbocycles. The average Bonchev–Trinajstić information content (AvgIpc) is 2.65. The molecule has 2 saturated heterocycles. The second-order valence-corrected chi connectivity index (χ2v) is 7.32. The van der Waals surface area contributed by atoms with Gasteiger partial charge in [-0.2, -0.15) is 0 Å². The van der Waals surface area contributed by atoms with Crippen LogP contribution in [0.3, 0.4) is 0 Å². The minimum atomic E-state index is -0.715. The van der Waals surface area contributed by atoms with Crippen molar-refractivity contribution in [2.75, 3.05) is 52.5 Å². The number of aliphatic hydroxyl groups is 1. The Bertz CT molecular complexity index is 622. The Morgan fingerprint density at radius 1 is 1.23 bits per heavy atom. The van der Waals surface area contributed by atoms with Crippen molar-refractivity contribution in [1.29, 1.82) is 0 Å². The Kier molecular flexibility index (Phi) is 6.45. The third kappa shape index (κ3) is 4.93. The van der Waals surface area contributed by atoms with Crippen molar-refractivity contribution in [3.05, 3.63) is 29.6 Å². The lowest BCUT2D eigenvalue weighted by molar-refractivity contribution is -0.134. The van der Waals surface area contributed by atoms with Gasteiger partial charge in [-0.25, -0.2) is 4.39 Å². The molecule has 0 aromatic heterocycles. The third-order valence-corrected chi connectivity index (χ3v) is 5.22. The molecule has 2 fully saturated rings. The van der Waals surface area contributed by atoms with E-state index < -0.39 is 11.6 Å². The molecular formula is C19H27FN2O4. The summed E-state index contributed by atoms with van der Waals surface area (Å²) in [5.41, 5.74) is 0.543. The number of carbonyl (C=O) groups excluding carboxylic acids is 1. The van der Waals surface area contributed by atoms with Crippen molar-refractivity contribution in [2.45, 2.75) is 12.8 Å². The second-order valence-electron chi connectivity index (χ2n) is 7.32. The van der Waals surface area contributed by atoms with Gasteiger partial charge in [-0.05, 0) is 36.0 Å². The standard InChI is InChI=1S/C19H27FN2O4/c20-17-8-14(1-2-18(17)24)9-19(25)22-11-15(7-16(12-22)13-23)10-21-3-5-26-6-4-21/h1-2,8,15-16,23-24H,3-7,9-13H2/t15-,16-/m1/s1. The summed E-state index contributed by atoms with van der Waals surface area (Å²) in [6, 6.07) is 4.03. The monoisotopic (exact) mass is 366 g/mol. The summed E-state index contributed by atoms with van der Waals surface area (Å²) in [5, 5.41) is 18.9. The van der Waals surface area contributed by atoms with E-state index in [9.17, 15) is 19.4 Å². The Morgan fingerprint density at radius 2 is 1.96 bits per heavy atom. The number of morpholine rings is 1. The molecule has 0 aliphatic carbocycles. The summed E-state index contributed by atoms with van der Waals surface area (Å²) in [4.78, 5) is 16.8. The van der Waals surface area contributed by atoms with E-state index in [1.54, 1.807) is 11.0 Å². The second kappa shape index (κ2) is 8.79. The van der Waals surface area contributed by atoms with Gasteiger partial charge >= 0.3 is 0 Å². The van der Waals surface area contributed by atoms with Crippen LogP contribution in [-0.4, -0.2) is 78.5 Å².